The van der Waals surface area contributed by atoms with Gasteiger partial charge in [0.1, 0.15) is 0 Å². The van der Waals surface area contributed by atoms with Crippen LogP contribution >= 0.6 is 27.5 Å². The molecule has 1 aromatic rings. The van der Waals surface area contributed by atoms with Gasteiger partial charge in [0.15, 0.2) is 0 Å². The third kappa shape index (κ3) is 1.82. The molecule has 0 aromatic heterocycles. The summed E-state index contributed by atoms with van der Waals surface area (Å²) in [4.78, 5) is 10.1. The van der Waals surface area contributed by atoms with E-state index < -0.39 is 0 Å². The SMILES string of the molecule is O=[C]c1cc(Cl)cc(Br)c1. The first-order chi connectivity index (χ1) is 4.72. The zero-order valence-electron chi connectivity index (χ0n) is 4.90. The molecule has 0 saturated heterocycles. The summed E-state index contributed by atoms with van der Waals surface area (Å²) in [5.74, 6) is 0. The van der Waals surface area contributed by atoms with Gasteiger partial charge >= 0.3 is 0 Å². The fourth-order valence-electron chi connectivity index (χ4n) is 0.613. The average molecular weight is 218 g/mol. The van der Waals surface area contributed by atoms with E-state index in [9.17, 15) is 4.79 Å². The predicted octanol–water partition coefficient (Wildman–Crippen LogP) is 2.56. The molecule has 0 aliphatic carbocycles. The van der Waals surface area contributed by atoms with Crippen molar-refractivity contribution < 1.29 is 4.79 Å². The summed E-state index contributed by atoms with van der Waals surface area (Å²) >= 11 is 8.81. The Labute approximate surface area is 72.1 Å². The molecule has 0 atom stereocenters. The van der Waals surface area contributed by atoms with Crippen LogP contribution < -0.4 is 0 Å². The van der Waals surface area contributed by atoms with Gasteiger partial charge in [-0.2, -0.15) is 0 Å². The van der Waals surface area contributed by atoms with Crippen molar-refractivity contribution in [1.29, 1.82) is 0 Å². The first kappa shape index (κ1) is 7.76. The highest BCUT2D eigenvalue weighted by Gasteiger charge is 1.95. The van der Waals surface area contributed by atoms with Gasteiger partial charge in [0, 0.05) is 15.1 Å². The fourth-order valence-corrected chi connectivity index (χ4v) is 1.47. The van der Waals surface area contributed by atoms with Crippen LogP contribution in [0.15, 0.2) is 22.7 Å². The Hall–Kier alpha value is -0.340. The highest BCUT2D eigenvalue weighted by Crippen LogP contribution is 2.18. The van der Waals surface area contributed by atoms with Crippen LogP contribution in [0.2, 0.25) is 5.02 Å². The van der Waals surface area contributed by atoms with Crippen LogP contribution in [-0.2, 0) is 4.79 Å². The van der Waals surface area contributed by atoms with Gasteiger partial charge in [-0.3, -0.25) is 4.79 Å². The van der Waals surface area contributed by atoms with Crippen molar-refractivity contribution in [2.45, 2.75) is 0 Å². The van der Waals surface area contributed by atoms with E-state index in [-0.39, 0.29) is 0 Å². The van der Waals surface area contributed by atoms with E-state index in [0.717, 1.165) is 4.47 Å². The van der Waals surface area contributed by atoms with E-state index in [0.29, 0.717) is 10.6 Å². The molecule has 1 aromatic carbocycles. The Bertz CT molecular complexity index is 240. The first-order valence-corrected chi connectivity index (χ1v) is 3.74. The maximum Gasteiger partial charge on any atom is 0.233 e. The van der Waals surface area contributed by atoms with E-state index in [2.05, 4.69) is 15.9 Å². The summed E-state index contributed by atoms with van der Waals surface area (Å²) in [6.07, 6.45) is 1.74. The van der Waals surface area contributed by atoms with Crippen LogP contribution in [0.1, 0.15) is 5.56 Å². The highest BCUT2D eigenvalue weighted by molar-refractivity contribution is 9.10. The van der Waals surface area contributed by atoms with Crippen LogP contribution in [-0.4, -0.2) is 6.29 Å². The minimum Gasteiger partial charge on any atom is -0.285 e. The van der Waals surface area contributed by atoms with Gasteiger partial charge in [-0.1, -0.05) is 27.5 Å². The Kier molecular flexibility index (Phi) is 2.46. The second kappa shape index (κ2) is 3.17. The van der Waals surface area contributed by atoms with Gasteiger partial charge in [-0.15, -0.1) is 0 Å². The summed E-state index contributed by atoms with van der Waals surface area (Å²) < 4.78 is 0.790. The molecule has 3 heteroatoms. The maximum absolute atomic E-state index is 10.1. The molecule has 0 saturated carbocycles. The molecular weight excluding hydrogens is 215 g/mol. The van der Waals surface area contributed by atoms with Gasteiger partial charge in [0.25, 0.3) is 0 Å². The second-order valence-electron chi connectivity index (χ2n) is 1.76. The Balaban J connectivity index is 3.18. The van der Waals surface area contributed by atoms with Crippen LogP contribution in [0, 0.1) is 0 Å². The highest BCUT2D eigenvalue weighted by atomic mass is 79.9. The van der Waals surface area contributed by atoms with Crippen molar-refractivity contribution in [2.24, 2.45) is 0 Å². The van der Waals surface area contributed by atoms with Crippen molar-refractivity contribution in [2.75, 3.05) is 0 Å². The molecule has 0 aliphatic rings. The van der Waals surface area contributed by atoms with Gasteiger partial charge in [-0.05, 0) is 18.2 Å². The summed E-state index contributed by atoms with van der Waals surface area (Å²) in [6.45, 7) is 0. The molecular formula is C7H3BrClO. The second-order valence-corrected chi connectivity index (χ2v) is 3.11. The third-order valence-corrected chi connectivity index (χ3v) is 1.66. The molecule has 0 bridgehead atoms. The minimum absolute atomic E-state index is 0.458. The number of halogens is 2. The quantitative estimate of drug-likeness (QED) is 0.708. The van der Waals surface area contributed by atoms with E-state index in [4.69, 9.17) is 11.6 Å². The lowest BCUT2D eigenvalue weighted by molar-refractivity contribution is 0.562. The topological polar surface area (TPSA) is 17.1 Å². The number of benzene rings is 1. The molecule has 0 aliphatic heterocycles. The molecule has 1 nitrogen and oxygen atoms in total. The standard InChI is InChI=1S/C7H3BrClO/c8-6-1-5(4-10)2-7(9)3-6/h1-3H. The van der Waals surface area contributed by atoms with E-state index in [1.165, 1.54) is 0 Å². The van der Waals surface area contributed by atoms with Crippen molar-refractivity contribution in [3.05, 3.63) is 33.3 Å². The lowest BCUT2D eigenvalue weighted by Gasteiger charge is -1.92. The minimum atomic E-state index is 0.458. The normalized spacial score (nSPS) is 9.40. The van der Waals surface area contributed by atoms with Gasteiger partial charge in [0.2, 0.25) is 6.29 Å². The zero-order valence-corrected chi connectivity index (χ0v) is 7.24. The molecule has 10 heavy (non-hydrogen) atoms. The molecule has 51 valence electrons. The largest absolute Gasteiger partial charge is 0.285 e. The lowest BCUT2D eigenvalue weighted by atomic mass is 10.2. The van der Waals surface area contributed by atoms with Crippen LogP contribution in [0.5, 0.6) is 0 Å². The van der Waals surface area contributed by atoms with Crippen molar-refractivity contribution in [3.63, 3.8) is 0 Å². The Morgan fingerprint density at radius 1 is 1.40 bits per heavy atom. The maximum atomic E-state index is 10.1. The average Bonchev–Trinajstić information content (AvgIpc) is 1.85. The van der Waals surface area contributed by atoms with E-state index in [1.807, 2.05) is 0 Å². The van der Waals surface area contributed by atoms with Crippen LogP contribution in [0.4, 0.5) is 0 Å². The summed E-state index contributed by atoms with van der Waals surface area (Å²) in [5, 5.41) is 0.535. The van der Waals surface area contributed by atoms with Crippen molar-refractivity contribution in [3.8, 4) is 0 Å². The Morgan fingerprint density at radius 2 is 2.10 bits per heavy atom. The summed E-state index contributed by atoms with van der Waals surface area (Å²) in [5.41, 5.74) is 0.458. The van der Waals surface area contributed by atoms with Gasteiger partial charge < -0.3 is 0 Å². The molecule has 0 amide bonds. The summed E-state index contributed by atoms with van der Waals surface area (Å²) in [6, 6.07) is 4.92. The fraction of sp³-hybridized carbons (Fsp3) is 0. The molecule has 1 radical (unpaired) electrons. The number of rotatable bonds is 1. The molecule has 0 fully saturated rings. The van der Waals surface area contributed by atoms with Gasteiger partial charge in [0.05, 0.1) is 0 Å². The molecule has 0 N–H and O–H groups in total. The van der Waals surface area contributed by atoms with Crippen molar-refractivity contribution >= 4 is 33.8 Å². The van der Waals surface area contributed by atoms with E-state index >= 15 is 0 Å². The smallest absolute Gasteiger partial charge is 0.233 e. The predicted molar refractivity (Wildman–Crippen MR) is 43.9 cm³/mol. The van der Waals surface area contributed by atoms with Crippen molar-refractivity contribution in [1.82, 2.24) is 0 Å². The number of hydrogen-bond acceptors (Lipinski definition) is 1. The number of hydrogen-bond donors (Lipinski definition) is 0. The Morgan fingerprint density at radius 3 is 2.60 bits per heavy atom. The molecule has 0 heterocycles. The third-order valence-electron chi connectivity index (χ3n) is 0.980. The molecule has 0 spiro atoms. The van der Waals surface area contributed by atoms with E-state index in [1.54, 1.807) is 24.5 Å². The monoisotopic (exact) mass is 217 g/mol. The van der Waals surface area contributed by atoms with Gasteiger partial charge in [-0.25, -0.2) is 0 Å². The molecule has 0 unspecified atom stereocenters. The van der Waals surface area contributed by atoms with Crippen LogP contribution in [0.3, 0.4) is 0 Å². The van der Waals surface area contributed by atoms with Crippen LogP contribution in [0.25, 0.3) is 0 Å². The first-order valence-electron chi connectivity index (χ1n) is 2.56. The summed E-state index contributed by atoms with van der Waals surface area (Å²) in [7, 11) is 0. The zero-order chi connectivity index (χ0) is 7.56. The number of carbonyl (C=O) groups excluding carboxylic acids is 1. The lowest BCUT2D eigenvalue weighted by Crippen LogP contribution is -1.78. The molecule has 1 rings (SSSR count).